The Labute approximate surface area is 240 Å². The van der Waals surface area contributed by atoms with Crippen molar-refractivity contribution < 1.29 is 24.3 Å². The number of nitrogens with zero attached hydrogens (tertiary/aromatic N) is 3. The Balaban J connectivity index is 1.18. The van der Waals surface area contributed by atoms with E-state index in [1.165, 1.54) is 9.80 Å². The molecule has 0 bridgehead atoms. The van der Waals surface area contributed by atoms with Gasteiger partial charge in [0, 0.05) is 19.6 Å². The molecule has 8 nitrogen and oxygen atoms in total. The first-order valence-electron chi connectivity index (χ1n) is 14.1. The molecule has 5 rings (SSSR count). The van der Waals surface area contributed by atoms with Crippen LogP contribution >= 0.6 is 0 Å². The van der Waals surface area contributed by atoms with Gasteiger partial charge < -0.3 is 5.11 Å². The lowest BCUT2D eigenvalue weighted by atomic mass is 10.0. The summed E-state index contributed by atoms with van der Waals surface area (Å²) >= 11 is 0. The van der Waals surface area contributed by atoms with Crippen molar-refractivity contribution in [3.05, 3.63) is 101 Å². The number of benzene rings is 3. The largest absolute Gasteiger partial charge is 0.508 e. The van der Waals surface area contributed by atoms with Gasteiger partial charge >= 0.3 is 0 Å². The first-order valence-corrected chi connectivity index (χ1v) is 14.1. The van der Waals surface area contributed by atoms with Gasteiger partial charge in [0.1, 0.15) is 5.75 Å². The van der Waals surface area contributed by atoms with Gasteiger partial charge in [0.2, 0.25) is 0 Å². The second-order valence-electron chi connectivity index (χ2n) is 11.3. The molecule has 0 saturated heterocycles. The molecule has 212 valence electrons. The molecule has 1 N–H and O–H groups in total. The average molecular weight is 554 g/mol. The van der Waals surface area contributed by atoms with Crippen LogP contribution in [0.2, 0.25) is 0 Å². The van der Waals surface area contributed by atoms with Crippen molar-refractivity contribution in [3.8, 4) is 5.75 Å². The van der Waals surface area contributed by atoms with Gasteiger partial charge in [-0.05, 0) is 79.7 Å². The Morgan fingerprint density at radius 1 is 0.610 bits per heavy atom. The summed E-state index contributed by atoms with van der Waals surface area (Å²) in [4.78, 5) is 56.3. The van der Waals surface area contributed by atoms with E-state index in [0.717, 1.165) is 31.5 Å². The quantitative estimate of drug-likeness (QED) is 0.323. The van der Waals surface area contributed by atoms with Crippen LogP contribution in [0, 0.1) is 11.8 Å². The molecule has 0 aliphatic carbocycles. The maximum Gasteiger partial charge on any atom is 0.261 e. The number of aromatic hydroxyl groups is 1. The summed E-state index contributed by atoms with van der Waals surface area (Å²) < 4.78 is 0. The molecule has 2 heterocycles. The molecule has 3 aromatic rings. The number of amides is 4. The first-order chi connectivity index (χ1) is 19.7. The molecule has 2 aliphatic heterocycles. The number of phenolic OH excluding ortho intramolecular Hbond substituents is 1. The second kappa shape index (κ2) is 12.1. The summed E-state index contributed by atoms with van der Waals surface area (Å²) in [6.07, 6.45) is 1.55. The molecule has 41 heavy (non-hydrogen) atoms. The van der Waals surface area contributed by atoms with Gasteiger partial charge in [-0.1, -0.05) is 50.2 Å². The predicted molar refractivity (Wildman–Crippen MR) is 155 cm³/mol. The third kappa shape index (κ3) is 6.07. The lowest BCUT2D eigenvalue weighted by Crippen LogP contribution is -2.36. The van der Waals surface area contributed by atoms with Crippen LogP contribution in [-0.4, -0.2) is 69.6 Å². The first kappa shape index (κ1) is 28.2. The van der Waals surface area contributed by atoms with Crippen LogP contribution in [0.15, 0.2) is 72.8 Å². The number of hydrogen-bond acceptors (Lipinski definition) is 6. The maximum atomic E-state index is 12.8. The zero-order chi connectivity index (χ0) is 29.1. The van der Waals surface area contributed by atoms with E-state index < -0.39 is 0 Å². The zero-order valence-electron chi connectivity index (χ0n) is 23.5. The summed E-state index contributed by atoms with van der Waals surface area (Å²) in [5.74, 6) is -0.545. The average Bonchev–Trinajstić information content (AvgIpc) is 3.36. The molecule has 0 aromatic heterocycles. The van der Waals surface area contributed by atoms with Gasteiger partial charge in [-0.2, -0.15) is 0 Å². The van der Waals surface area contributed by atoms with E-state index >= 15 is 0 Å². The van der Waals surface area contributed by atoms with Gasteiger partial charge in [-0.15, -0.1) is 0 Å². The molecule has 2 unspecified atom stereocenters. The number of imide groups is 2. The predicted octanol–water partition coefficient (Wildman–Crippen LogP) is 4.84. The molecule has 4 amide bonds. The standard InChI is InChI=1S/C33H35N3O5/c1-22(19-35-30(38)26-7-3-4-8-27(26)31(35)39)15-17-34(21-24-11-13-25(37)14-12-24)18-16-23(2)20-36-32(40)28-9-5-6-10-29(28)33(36)41/h3-14,22-23,37H,15-21H2,1-2H3. The summed E-state index contributed by atoms with van der Waals surface area (Å²) in [6, 6.07) is 21.0. The summed E-state index contributed by atoms with van der Waals surface area (Å²) in [5, 5.41) is 9.70. The van der Waals surface area contributed by atoms with E-state index in [9.17, 15) is 24.3 Å². The molecule has 2 aliphatic rings. The minimum Gasteiger partial charge on any atom is -0.508 e. The van der Waals surface area contributed by atoms with Crippen LogP contribution in [0.5, 0.6) is 5.75 Å². The highest BCUT2D eigenvalue weighted by Gasteiger charge is 2.36. The van der Waals surface area contributed by atoms with E-state index in [1.54, 1.807) is 60.7 Å². The van der Waals surface area contributed by atoms with Crippen LogP contribution in [0.3, 0.4) is 0 Å². The molecular weight excluding hydrogens is 518 g/mol. The third-order valence-corrected chi connectivity index (χ3v) is 7.96. The Morgan fingerprint density at radius 2 is 0.976 bits per heavy atom. The number of rotatable bonds is 12. The van der Waals surface area contributed by atoms with Crippen LogP contribution < -0.4 is 0 Å². The van der Waals surface area contributed by atoms with Crippen LogP contribution in [0.1, 0.15) is 73.7 Å². The summed E-state index contributed by atoms with van der Waals surface area (Å²) in [6.45, 7) is 6.96. The fraction of sp³-hybridized carbons (Fsp3) is 0.333. The van der Waals surface area contributed by atoms with Crippen LogP contribution in [-0.2, 0) is 6.54 Å². The van der Waals surface area contributed by atoms with E-state index in [0.29, 0.717) is 41.9 Å². The lowest BCUT2D eigenvalue weighted by molar-refractivity contribution is 0.0617. The Morgan fingerprint density at radius 3 is 1.34 bits per heavy atom. The lowest BCUT2D eigenvalue weighted by Gasteiger charge is -2.27. The highest BCUT2D eigenvalue weighted by molar-refractivity contribution is 6.22. The monoisotopic (exact) mass is 553 g/mol. The van der Waals surface area contributed by atoms with Crippen molar-refractivity contribution in [1.29, 1.82) is 0 Å². The second-order valence-corrected chi connectivity index (χ2v) is 11.3. The fourth-order valence-electron chi connectivity index (χ4n) is 5.55. The molecule has 3 aromatic carbocycles. The fourth-order valence-corrected chi connectivity index (χ4v) is 5.55. The third-order valence-electron chi connectivity index (χ3n) is 7.96. The van der Waals surface area contributed by atoms with Crippen molar-refractivity contribution in [2.24, 2.45) is 11.8 Å². The smallest absolute Gasteiger partial charge is 0.261 e. The Kier molecular flexibility index (Phi) is 8.31. The van der Waals surface area contributed by atoms with Crippen LogP contribution in [0.4, 0.5) is 0 Å². The van der Waals surface area contributed by atoms with Crippen LogP contribution in [0.25, 0.3) is 0 Å². The number of phenols is 1. The molecular formula is C33H35N3O5. The number of hydrogen-bond donors (Lipinski definition) is 1. The summed E-state index contributed by atoms with van der Waals surface area (Å²) in [5.41, 5.74) is 2.91. The van der Waals surface area contributed by atoms with Gasteiger partial charge in [0.05, 0.1) is 22.3 Å². The number of fused-ring (bicyclic) bond motifs is 2. The minimum atomic E-state index is -0.236. The highest BCUT2D eigenvalue weighted by Crippen LogP contribution is 2.26. The van der Waals surface area contributed by atoms with E-state index in [4.69, 9.17) is 0 Å². The van der Waals surface area contributed by atoms with Crippen molar-refractivity contribution in [3.63, 3.8) is 0 Å². The molecule has 0 spiro atoms. The van der Waals surface area contributed by atoms with Gasteiger partial charge in [0.25, 0.3) is 23.6 Å². The van der Waals surface area contributed by atoms with Gasteiger partial charge in [-0.3, -0.25) is 33.9 Å². The summed E-state index contributed by atoms with van der Waals surface area (Å²) in [7, 11) is 0. The van der Waals surface area contributed by atoms with Crippen molar-refractivity contribution in [2.75, 3.05) is 26.2 Å². The Hall–Kier alpha value is -4.30. The topological polar surface area (TPSA) is 98.2 Å². The Bertz CT molecular complexity index is 1310. The number of carbonyl (C=O) groups is 4. The van der Waals surface area contributed by atoms with Gasteiger partial charge in [0.15, 0.2) is 0 Å². The minimum absolute atomic E-state index is 0.0929. The normalized spacial score (nSPS) is 16.0. The zero-order valence-corrected chi connectivity index (χ0v) is 23.5. The molecule has 0 fully saturated rings. The van der Waals surface area contributed by atoms with E-state index in [-0.39, 0.29) is 41.2 Å². The van der Waals surface area contributed by atoms with E-state index in [1.807, 2.05) is 26.0 Å². The molecule has 0 radical (unpaired) electrons. The van der Waals surface area contributed by atoms with Crippen molar-refractivity contribution in [1.82, 2.24) is 14.7 Å². The van der Waals surface area contributed by atoms with Crippen molar-refractivity contribution in [2.45, 2.75) is 33.2 Å². The van der Waals surface area contributed by atoms with Crippen molar-refractivity contribution >= 4 is 23.6 Å². The molecule has 0 saturated carbocycles. The SMILES string of the molecule is CC(CCN(CCC(C)CN1C(=O)c2ccccc2C1=O)Cc1ccc(O)cc1)CN1C(=O)c2ccccc2C1=O. The molecule has 2 atom stereocenters. The van der Waals surface area contributed by atoms with Gasteiger partial charge in [-0.25, -0.2) is 0 Å². The maximum absolute atomic E-state index is 12.8. The number of carbonyl (C=O) groups excluding carboxylic acids is 4. The van der Waals surface area contributed by atoms with E-state index in [2.05, 4.69) is 4.90 Å². The highest BCUT2D eigenvalue weighted by atomic mass is 16.3. The molecule has 8 heteroatoms.